The molecule has 0 N–H and O–H groups in total. The molecule has 1 amide bonds. The highest BCUT2D eigenvalue weighted by Gasteiger charge is 2.35. The van der Waals surface area contributed by atoms with Gasteiger partial charge in [0.1, 0.15) is 12.7 Å². The van der Waals surface area contributed by atoms with E-state index >= 15 is 0 Å². The number of hydrogen-bond donors (Lipinski definition) is 0. The largest absolute Gasteiger partial charge is 0.337 e. The summed E-state index contributed by atoms with van der Waals surface area (Å²) in [7, 11) is 0. The van der Waals surface area contributed by atoms with Crippen LogP contribution < -0.4 is 0 Å². The Hall–Kier alpha value is -1.73. The maximum absolute atomic E-state index is 13.0. The molecule has 0 saturated carbocycles. The predicted octanol–water partition coefficient (Wildman–Crippen LogP) is 1.78. The van der Waals surface area contributed by atoms with Crippen LogP contribution in [0.4, 0.5) is 0 Å². The first kappa shape index (κ1) is 15.8. The predicted molar refractivity (Wildman–Crippen MR) is 92.7 cm³/mol. The molecule has 4 heterocycles. The van der Waals surface area contributed by atoms with Gasteiger partial charge in [0.05, 0.1) is 12.6 Å². The first-order valence-corrected chi connectivity index (χ1v) is 9.52. The van der Waals surface area contributed by atoms with Crippen LogP contribution in [0.15, 0.2) is 24.1 Å². The van der Waals surface area contributed by atoms with Crippen LogP contribution in [-0.4, -0.2) is 55.6 Å². The smallest absolute Gasteiger partial charge is 0.239 e. The first-order valence-electron chi connectivity index (χ1n) is 8.64. The quantitative estimate of drug-likeness (QED) is 0.848. The Morgan fingerprint density at radius 1 is 1.46 bits per heavy atom. The zero-order valence-corrected chi connectivity index (χ0v) is 14.8. The number of carbonyl (C=O) groups excluding carboxylic acids is 1. The monoisotopic (exact) mass is 345 g/mol. The van der Waals surface area contributed by atoms with Crippen LogP contribution in [0.5, 0.6) is 0 Å². The molecule has 0 spiro atoms. The second-order valence-corrected chi connectivity index (χ2v) is 7.71. The minimum atomic E-state index is -0.0683. The Labute approximate surface area is 146 Å². The van der Waals surface area contributed by atoms with Gasteiger partial charge in [0.15, 0.2) is 0 Å². The molecular formula is C17H23N5OS. The van der Waals surface area contributed by atoms with Crippen LogP contribution in [0.2, 0.25) is 0 Å². The molecule has 24 heavy (non-hydrogen) atoms. The summed E-state index contributed by atoms with van der Waals surface area (Å²) in [6.45, 7) is 5.48. The van der Waals surface area contributed by atoms with Crippen molar-refractivity contribution in [3.05, 3.63) is 34.5 Å². The summed E-state index contributed by atoms with van der Waals surface area (Å²) in [6.07, 6.45) is 6.58. The molecule has 0 unspecified atom stereocenters. The summed E-state index contributed by atoms with van der Waals surface area (Å²) in [4.78, 5) is 22.9. The fourth-order valence-corrected chi connectivity index (χ4v) is 4.84. The highest BCUT2D eigenvalue weighted by atomic mass is 32.1. The zero-order valence-electron chi connectivity index (χ0n) is 14.0. The van der Waals surface area contributed by atoms with Crippen molar-refractivity contribution in [2.24, 2.45) is 0 Å². The van der Waals surface area contributed by atoms with Gasteiger partial charge in [-0.3, -0.25) is 14.4 Å². The van der Waals surface area contributed by atoms with E-state index in [0.717, 1.165) is 45.4 Å². The zero-order chi connectivity index (χ0) is 16.5. The van der Waals surface area contributed by atoms with E-state index in [1.807, 2.05) is 20.9 Å². The van der Waals surface area contributed by atoms with Gasteiger partial charge in [0, 0.05) is 24.0 Å². The van der Waals surface area contributed by atoms with Crippen LogP contribution in [0.3, 0.4) is 0 Å². The molecule has 2 aromatic heterocycles. The maximum Gasteiger partial charge on any atom is 0.239 e. The fourth-order valence-electron chi connectivity index (χ4n) is 3.95. The molecule has 2 atom stereocenters. The van der Waals surface area contributed by atoms with Gasteiger partial charge in [-0.05, 0) is 49.7 Å². The summed E-state index contributed by atoms with van der Waals surface area (Å²) >= 11 is 1.81. The van der Waals surface area contributed by atoms with Gasteiger partial charge in [-0.1, -0.05) is 0 Å². The fraction of sp³-hybridized carbons (Fsp3) is 0.588. The SMILES string of the molecule is C[C@H](C(=O)N1CCc2sccc2C1)N1CCC[C@@H]1Cn1cncn1. The third-order valence-corrected chi connectivity index (χ3v) is 6.28. The maximum atomic E-state index is 13.0. The van der Waals surface area contributed by atoms with Crippen molar-refractivity contribution in [2.75, 3.05) is 13.1 Å². The number of likely N-dealkylation sites (tertiary alicyclic amines) is 1. The molecule has 1 fully saturated rings. The number of hydrogen-bond acceptors (Lipinski definition) is 5. The number of rotatable bonds is 4. The Balaban J connectivity index is 1.42. The van der Waals surface area contributed by atoms with Gasteiger partial charge in [0.2, 0.25) is 5.91 Å². The van der Waals surface area contributed by atoms with E-state index in [4.69, 9.17) is 0 Å². The molecular weight excluding hydrogens is 322 g/mol. The number of thiophene rings is 1. The Morgan fingerprint density at radius 3 is 3.21 bits per heavy atom. The molecule has 0 aromatic carbocycles. The van der Waals surface area contributed by atoms with Gasteiger partial charge >= 0.3 is 0 Å². The first-order chi connectivity index (χ1) is 11.7. The average molecular weight is 345 g/mol. The molecule has 0 bridgehead atoms. The van der Waals surface area contributed by atoms with E-state index in [0.29, 0.717) is 6.04 Å². The Bertz CT molecular complexity index is 698. The minimum Gasteiger partial charge on any atom is -0.337 e. The second-order valence-electron chi connectivity index (χ2n) is 6.71. The molecule has 0 aliphatic carbocycles. The van der Waals surface area contributed by atoms with E-state index in [2.05, 4.69) is 33.4 Å². The number of aromatic nitrogens is 3. The van der Waals surface area contributed by atoms with Crippen LogP contribution in [-0.2, 0) is 24.3 Å². The van der Waals surface area contributed by atoms with Crippen LogP contribution in [0.25, 0.3) is 0 Å². The van der Waals surface area contributed by atoms with Gasteiger partial charge in [0.25, 0.3) is 0 Å². The summed E-state index contributed by atoms with van der Waals surface area (Å²) in [5, 5.41) is 6.35. The molecule has 7 heteroatoms. The van der Waals surface area contributed by atoms with Gasteiger partial charge < -0.3 is 4.90 Å². The van der Waals surface area contributed by atoms with Crippen molar-refractivity contribution < 1.29 is 4.79 Å². The lowest BCUT2D eigenvalue weighted by atomic mass is 10.1. The summed E-state index contributed by atoms with van der Waals surface area (Å²) in [5.41, 5.74) is 1.33. The average Bonchev–Trinajstić information content (AvgIpc) is 3.34. The highest BCUT2D eigenvalue weighted by Crippen LogP contribution is 2.27. The number of amides is 1. The van der Waals surface area contributed by atoms with Crippen LogP contribution >= 0.6 is 11.3 Å². The summed E-state index contributed by atoms with van der Waals surface area (Å²) < 4.78 is 1.87. The normalized spacial score (nSPS) is 22.5. The van der Waals surface area contributed by atoms with Crippen LogP contribution in [0.1, 0.15) is 30.2 Å². The number of carbonyl (C=O) groups is 1. The highest BCUT2D eigenvalue weighted by molar-refractivity contribution is 7.10. The van der Waals surface area contributed by atoms with Crippen molar-refractivity contribution >= 4 is 17.2 Å². The molecule has 2 aliphatic heterocycles. The lowest BCUT2D eigenvalue weighted by Crippen LogP contribution is -2.50. The van der Waals surface area contributed by atoms with E-state index in [-0.39, 0.29) is 11.9 Å². The van der Waals surface area contributed by atoms with Crippen molar-refractivity contribution in [3.8, 4) is 0 Å². The number of nitrogens with zero attached hydrogens (tertiary/aromatic N) is 5. The summed E-state index contributed by atoms with van der Waals surface area (Å²) in [5.74, 6) is 0.261. The van der Waals surface area contributed by atoms with Gasteiger partial charge in [-0.2, -0.15) is 5.10 Å². The van der Waals surface area contributed by atoms with E-state index < -0.39 is 0 Å². The van der Waals surface area contributed by atoms with Crippen molar-refractivity contribution in [1.82, 2.24) is 24.6 Å². The molecule has 2 aliphatic rings. The van der Waals surface area contributed by atoms with E-state index in [1.165, 1.54) is 10.4 Å². The third kappa shape index (κ3) is 2.98. The Kier molecular flexibility index (Phi) is 4.37. The third-order valence-electron chi connectivity index (χ3n) is 5.26. The molecule has 4 rings (SSSR count). The standard InChI is InChI=1S/C17H23N5OS/c1-13(17(23)20-7-4-16-14(9-20)5-8-24-16)22-6-2-3-15(22)10-21-12-18-11-19-21/h5,8,11-13,15H,2-4,6-7,9-10H2,1H3/t13-,15-/m1/s1. The van der Waals surface area contributed by atoms with Gasteiger partial charge in [-0.25, -0.2) is 4.98 Å². The van der Waals surface area contributed by atoms with E-state index in [1.54, 1.807) is 12.7 Å². The molecule has 0 radical (unpaired) electrons. The van der Waals surface area contributed by atoms with E-state index in [9.17, 15) is 4.79 Å². The topological polar surface area (TPSA) is 54.3 Å². The molecule has 6 nitrogen and oxygen atoms in total. The van der Waals surface area contributed by atoms with Crippen molar-refractivity contribution in [2.45, 2.75) is 51.4 Å². The van der Waals surface area contributed by atoms with Crippen molar-refractivity contribution in [3.63, 3.8) is 0 Å². The lowest BCUT2D eigenvalue weighted by Gasteiger charge is -2.35. The van der Waals surface area contributed by atoms with Gasteiger partial charge in [-0.15, -0.1) is 11.3 Å². The second kappa shape index (κ2) is 6.64. The minimum absolute atomic E-state index is 0.0683. The lowest BCUT2D eigenvalue weighted by molar-refractivity contribution is -0.137. The molecule has 2 aromatic rings. The Morgan fingerprint density at radius 2 is 2.38 bits per heavy atom. The summed E-state index contributed by atoms with van der Waals surface area (Å²) in [6, 6.07) is 2.46. The van der Waals surface area contributed by atoms with Crippen LogP contribution in [0, 0.1) is 0 Å². The van der Waals surface area contributed by atoms with Crippen molar-refractivity contribution in [1.29, 1.82) is 0 Å². The number of fused-ring (bicyclic) bond motifs is 1. The molecule has 1 saturated heterocycles. The molecule has 128 valence electrons.